The van der Waals surface area contributed by atoms with Crippen LogP contribution >= 0.6 is 0 Å². The second-order valence-corrected chi connectivity index (χ2v) is 6.61. The Morgan fingerprint density at radius 3 is 2.42 bits per heavy atom. The van der Waals surface area contributed by atoms with Crippen LogP contribution in [0.25, 0.3) is 0 Å². The minimum absolute atomic E-state index is 0.0719. The number of rotatable bonds is 9. The molecule has 0 radical (unpaired) electrons. The highest BCUT2D eigenvalue weighted by atomic mass is 16.3. The van der Waals surface area contributed by atoms with Gasteiger partial charge in [-0.3, -0.25) is 4.79 Å². The second-order valence-electron chi connectivity index (χ2n) is 6.61. The third kappa shape index (κ3) is 7.01. The van der Waals surface area contributed by atoms with Crippen molar-refractivity contribution in [1.82, 2.24) is 16.0 Å². The highest BCUT2D eigenvalue weighted by Crippen LogP contribution is 2.16. The van der Waals surface area contributed by atoms with Gasteiger partial charge in [-0.05, 0) is 36.0 Å². The van der Waals surface area contributed by atoms with E-state index in [0.29, 0.717) is 30.7 Å². The first kappa shape index (κ1) is 19.6. The summed E-state index contributed by atoms with van der Waals surface area (Å²) in [5.41, 5.74) is 1.26. The minimum Gasteiger partial charge on any atom is -0.467 e. The lowest BCUT2D eigenvalue weighted by molar-refractivity contribution is -0.120. The molecule has 0 spiro atoms. The summed E-state index contributed by atoms with van der Waals surface area (Å²) in [4.78, 5) is 23.7. The summed E-state index contributed by atoms with van der Waals surface area (Å²) in [5, 5.41) is 8.12. The third-order valence-corrected chi connectivity index (χ3v) is 4.26. The molecule has 1 atom stereocenters. The fraction of sp³-hybridized carbons (Fsp3) is 0.400. The number of carbonyl (C=O) groups is 2. The predicted molar refractivity (Wildman–Crippen MR) is 100 cm³/mol. The van der Waals surface area contributed by atoms with Crippen LogP contribution in [0.4, 0.5) is 4.79 Å². The van der Waals surface area contributed by atoms with E-state index in [-0.39, 0.29) is 18.5 Å². The number of carbonyl (C=O) groups excluding carboxylic acids is 2. The molecule has 0 unspecified atom stereocenters. The molecule has 1 aromatic carbocycles. The quantitative estimate of drug-likeness (QED) is 0.645. The highest BCUT2D eigenvalue weighted by molar-refractivity contribution is 5.83. The van der Waals surface area contributed by atoms with Crippen LogP contribution in [0.3, 0.4) is 0 Å². The van der Waals surface area contributed by atoms with Gasteiger partial charge in [0.25, 0.3) is 0 Å². The van der Waals surface area contributed by atoms with Gasteiger partial charge in [-0.2, -0.15) is 0 Å². The number of nitrogens with one attached hydrogen (secondary N) is 3. The first-order valence-corrected chi connectivity index (χ1v) is 8.89. The Balaban J connectivity index is 1.68. The Labute approximate surface area is 154 Å². The first-order chi connectivity index (χ1) is 12.5. The normalized spacial score (nSPS) is 11.8. The largest absolute Gasteiger partial charge is 0.467 e. The van der Waals surface area contributed by atoms with Crippen molar-refractivity contribution in [3.05, 3.63) is 60.1 Å². The molecular formula is C20H27N3O3. The molecule has 2 rings (SSSR count). The Bertz CT molecular complexity index is 669. The van der Waals surface area contributed by atoms with Crippen molar-refractivity contribution < 1.29 is 14.0 Å². The van der Waals surface area contributed by atoms with Gasteiger partial charge in [-0.1, -0.05) is 44.2 Å². The molecule has 0 bridgehead atoms. The zero-order chi connectivity index (χ0) is 18.8. The summed E-state index contributed by atoms with van der Waals surface area (Å²) in [7, 11) is 0. The summed E-state index contributed by atoms with van der Waals surface area (Å²) < 4.78 is 5.13. The van der Waals surface area contributed by atoms with E-state index >= 15 is 0 Å². The standard InChI is InChI=1S/C20H27N3O3/c1-15(2)17(11-16-7-4-3-5-8-16)12-22-20(25)23-14-19(24)21-13-18-9-6-10-26-18/h3-10,15,17H,11-14H2,1-2H3,(H,21,24)(H2,22,23,25)/t17-/m0/s1. The van der Waals surface area contributed by atoms with E-state index in [1.54, 1.807) is 18.4 Å². The maximum atomic E-state index is 11.9. The molecular weight excluding hydrogens is 330 g/mol. The maximum absolute atomic E-state index is 11.9. The van der Waals surface area contributed by atoms with E-state index in [0.717, 1.165) is 6.42 Å². The summed E-state index contributed by atoms with van der Waals surface area (Å²) >= 11 is 0. The highest BCUT2D eigenvalue weighted by Gasteiger charge is 2.15. The monoisotopic (exact) mass is 357 g/mol. The lowest BCUT2D eigenvalue weighted by atomic mass is 9.89. The predicted octanol–water partition coefficient (Wildman–Crippen LogP) is 2.71. The van der Waals surface area contributed by atoms with Crippen LogP contribution < -0.4 is 16.0 Å². The summed E-state index contributed by atoms with van der Waals surface area (Å²) in [6.07, 6.45) is 2.45. The van der Waals surface area contributed by atoms with Gasteiger partial charge in [0, 0.05) is 6.54 Å². The molecule has 0 aliphatic rings. The Kier molecular flexibility index (Phi) is 7.74. The van der Waals surface area contributed by atoms with Crippen LogP contribution in [-0.2, 0) is 17.8 Å². The minimum atomic E-state index is -0.336. The van der Waals surface area contributed by atoms with Gasteiger partial charge in [-0.15, -0.1) is 0 Å². The molecule has 0 aliphatic carbocycles. The molecule has 140 valence electrons. The number of furan rings is 1. The van der Waals surface area contributed by atoms with E-state index in [9.17, 15) is 9.59 Å². The number of urea groups is 1. The zero-order valence-corrected chi connectivity index (χ0v) is 15.3. The van der Waals surface area contributed by atoms with Gasteiger partial charge in [0.2, 0.25) is 5.91 Å². The molecule has 0 fully saturated rings. The van der Waals surface area contributed by atoms with Crippen molar-refractivity contribution in [2.45, 2.75) is 26.8 Å². The average molecular weight is 357 g/mol. The van der Waals surface area contributed by atoms with Crippen molar-refractivity contribution in [3.63, 3.8) is 0 Å². The van der Waals surface area contributed by atoms with Crippen LogP contribution in [0.1, 0.15) is 25.2 Å². The van der Waals surface area contributed by atoms with Gasteiger partial charge in [0.1, 0.15) is 5.76 Å². The van der Waals surface area contributed by atoms with Crippen molar-refractivity contribution in [2.75, 3.05) is 13.1 Å². The van der Waals surface area contributed by atoms with E-state index < -0.39 is 0 Å². The van der Waals surface area contributed by atoms with Crippen molar-refractivity contribution >= 4 is 11.9 Å². The van der Waals surface area contributed by atoms with Crippen molar-refractivity contribution in [1.29, 1.82) is 0 Å². The van der Waals surface area contributed by atoms with Gasteiger partial charge in [-0.25, -0.2) is 4.79 Å². The number of hydrogen-bond donors (Lipinski definition) is 3. The van der Waals surface area contributed by atoms with E-state index in [1.807, 2.05) is 18.2 Å². The molecule has 2 aromatic rings. The topological polar surface area (TPSA) is 83.4 Å². The number of hydrogen-bond acceptors (Lipinski definition) is 3. The number of benzene rings is 1. The molecule has 1 aromatic heterocycles. The molecule has 1 heterocycles. The molecule has 0 saturated carbocycles. The van der Waals surface area contributed by atoms with E-state index in [4.69, 9.17) is 4.42 Å². The SMILES string of the molecule is CC(C)[C@H](CNC(=O)NCC(=O)NCc1ccco1)Cc1ccccc1. The smallest absolute Gasteiger partial charge is 0.315 e. The molecule has 3 N–H and O–H groups in total. The fourth-order valence-electron chi connectivity index (χ4n) is 2.57. The second kappa shape index (κ2) is 10.3. The van der Waals surface area contributed by atoms with Crippen LogP contribution in [0.15, 0.2) is 53.1 Å². The Morgan fingerprint density at radius 1 is 1.00 bits per heavy atom. The van der Waals surface area contributed by atoms with Crippen LogP contribution in [0, 0.1) is 11.8 Å². The van der Waals surface area contributed by atoms with Crippen LogP contribution in [-0.4, -0.2) is 25.0 Å². The molecule has 6 nitrogen and oxygen atoms in total. The lowest BCUT2D eigenvalue weighted by Gasteiger charge is -2.21. The Hall–Kier alpha value is -2.76. The summed E-state index contributed by atoms with van der Waals surface area (Å²) in [5.74, 6) is 1.17. The molecule has 0 saturated heterocycles. The first-order valence-electron chi connectivity index (χ1n) is 8.89. The van der Waals surface area contributed by atoms with Crippen molar-refractivity contribution in [2.24, 2.45) is 11.8 Å². The third-order valence-electron chi connectivity index (χ3n) is 4.26. The van der Waals surface area contributed by atoms with Crippen LogP contribution in [0.2, 0.25) is 0 Å². The molecule has 6 heteroatoms. The molecule has 0 aliphatic heterocycles. The zero-order valence-electron chi connectivity index (χ0n) is 15.3. The van der Waals surface area contributed by atoms with Gasteiger partial charge < -0.3 is 20.4 Å². The molecule has 3 amide bonds. The van der Waals surface area contributed by atoms with Gasteiger partial charge >= 0.3 is 6.03 Å². The summed E-state index contributed by atoms with van der Waals surface area (Å²) in [6, 6.07) is 13.4. The lowest BCUT2D eigenvalue weighted by Crippen LogP contribution is -2.43. The van der Waals surface area contributed by atoms with E-state index in [2.05, 4.69) is 41.9 Å². The van der Waals surface area contributed by atoms with Gasteiger partial charge in [0.15, 0.2) is 0 Å². The van der Waals surface area contributed by atoms with Crippen LogP contribution in [0.5, 0.6) is 0 Å². The maximum Gasteiger partial charge on any atom is 0.315 e. The summed E-state index contributed by atoms with van der Waals surface area (Å²) in [6.45, 7) is 5.09. The van der Waals surface area contributed by atoms with Gasteiger partial charge in [0.05, 0.1) is 19.4 Å². The molecule has 26 heavy (non-hydrogen) atoms. The number of amides is 3. The average Bonchev–Trinajstić information content (AvgIpc) is 3.16. The Morgan fingerprint density at radius 2 is 1.77 bits per heavy atom. The van der Waals surface area contributed by atoms with Crippen molar-refractivity contribution in [3.8, 4) is 0 Å². The fourth-order valence-corrected chi connectivity index (χ4v) is 2.57. The van der Waals surface area contributed by atoms with E-state index in [1.165, 1.54) is 5.56 Å².